The highest BCUT2D eigenvalue weighted by Crippen LogP contribution is 2.39. The van der Waals surface area contributed by atoms with Crippen molar-refractivity contribution in [3.63, 3.8) is 0 Å². The first-order chi connectivity index (χ1) is 27.2. The van der Waals surface area contributed by atoms with Crippen LogP contribution in [0.2, 0.25) is 0 Å². The summed E-state index contributed by atoms with van der Waals surface area (Å²) in [6.45, 7) is 4.46. The minimum Gasteiger partial charge on any atom is -0.311 e. The lowest BCUT2D eigenvalue weighted by molar-refractivity contribution is 1.22. The minimum atomic E-state index is 0.900. The highest BCUT2D eigenvalue weighted by molar-refractivity contribution is 7.25. The van der Waals surface area contributed by atoms with Gasteiger partial charge in [0.2, 0.25) is 0 Å². The molecule has 7 aromatic carbocycles. The second kappa shape index (κ2) is 15.3. The van der Waals surface area contributed by atoms with Gasteiger partial charge in [0.25, 0.3) is 0 Å². The quantitative estimate of drug-likeness (QED) is 0.134. The summed E-state index contributed by atoms with van der Waals surface area (Å²) in [5, 5.41) is 2.63. The van der Waals surface area contributed by atoms with Crippen LogP contribution in [0.5, 0.6) is 0 Å². The predicted molar refractivity (Wildman–Crippen MR) is 239 cm³/mol. The van der Waals surface area contributed by atoms with Gasteiger partial charge in [-0.3, -0.25) is 0 Å². The lowest BCUT2D eigenvalue weighted by Gasteiger charge is -2.25. The fourth-order valence-corrected chi connectivity index (χ4v) is 8.44. The molecule has 2 heteroatoms. The van der Waals surface area contributed by atoms with Gasteiger partial charge in [-0.25, -0.2) is 0 Å². The van der Waals surface area contributed by atoms with Crippen LogP contribution in [0.3, 0.4) is 0 Å². The fourth-order valence-electron chi connectivity index (χ4n) is 7.37. The molecule has 0 atom stereocenters. The van der Waals surface area contributed by atoms with Gasteiger partial charge >= 0.3 is 0 Å². The van der Waals surface area contributed by atoms with E-state index in [1.165, 1.54) is 70.3 Å². The zero-order valence-electron chi connectivity index (χ0n) is 30.5. The second-order valence-electron chi connectivity index (χ2n) is 13.8. The maximum atomic E-state index is 4.46. The van der Waals surface area contributed by atoms with E-state index >= 15 is 0 Å². The molecule has 1 nitrogen and oxygen atoms in total. The molecule has 0 N–H and O–H groups in total. The van der Waals surface area contributed by atoms with Gasteiger partial charge in [-0.15, -0.1) is 11.3 Å². The van der Waals surface area contributed by atoms with Crippen molar-refractivity contribution in [3.05, 3.63) is 230 Å². The van der Waals surface area contributed by atoms with E-state index in [1.54, 1.807) is 0 Å². The number of fused-ring (bicyclic) bond motifs is 3. The Morgan fingerprint density at radius 2 is 0.982 bits per heavy atom. The Labute approximate surface area is 327 Å². The highest BCUT2D eigenvalue weighted by atomic mass is 32.1. The second-order valence-corrected chi connectivity index (χ2v) is 14.9. The molecule has 0 spiro atoms. The number of rotatable bonds is 9. The van der Waals surface area contributed by atoms with E-state index in [0.717, 1.165) is 23.5 Å². The molecular formula is C53H39NS. The summed E-state index contributed by atoms with van der Waals surface area (Å²) in [6.07, 6.45) is 15.8. The first-order valence-corrected chi connectivity index (χ1v) is 19.6. The summed E-state index contributed by atoms with van der Waals surface area (Å²) >= 11 is 1.86. The normalized spacial score (nSPS) is 13.3. The Balaban J connectivity index is 0.954. The van der Waals surface area contributed by atoms with Gasteiger partial charge in [-0.1, -0.05) is 158 Å². The number of anilines is 2. The summed E-state index contributed by atoms with van der Waals surface area (Å²) in [5.41, 5.74) is 14.0. The van der Waals surface area contributed by atoms with Crippen LogP contribution >= 0.6 is 11.3 Å². The molecule has 1 heterocycles. The lowest BCUT2D eigenvalue weighted by atomic mass is 9.96. The zero-order valence-corrected chi connectivity index (χ0v) is 31.3. The monoisotopic (exact) mass is 721 g/mol. The van der Waals surface area contributed by atoms with Gasteiger partial charge in [0, 0.05) is 37.2 Å². The third-order valence-electron chi connectivity index (χ3n) is 10.3. The van der Waals surface area contributed by atoms with Gasteiger partial charge in [-0.05, 0) is 117 Å². The van der Waals surface area contributed by atoms with Crippen LogP contribution in [0.1, 0.15) is 6.42 Å². The molecule has 1 aromatic heterocycles. The molecule has 9 rings (SSSR count). The molecule has 262 valence electrons. The van der Waals surface area contributed by atoms with Crippen LogP contribution in [-0.4, -0.2) is 0 Å². The van der Waals surface area contributed by atoms with Gasteiger partial charge in [0.05, 0.1) is 0 Å². The molecule has 1 aliphatic rings. The van der Waals surface area contributed by atoms with Gasteiger partial charge in [0.15, 0.2) is 0 Å². The van der Waals surface area contributed by atoms with Crippen molar-refractivity contribution >= 4 is 42.9 Å². The van der Waals surface area contributed by atoms with E-state index < -0.39 is 0 Å². The number of thiophene rings is 1. The Kier molecular flexibility index (Phi) is 9.48. The van der Waals surface area contributed by atoms with E-state index in [0.29, 0.717) is 0 Å². The maximum absolute atomic E-state index is 4.46. The number of allylic oxidation sites excluding steroid dienone is 8. The highest BCUT2D eigenvalue weighted by Gasteiger charge is 2.13. The summed E-state index contributed by atoms with van der Waals surface area (Å²) in [7, 11) is 0. The van der Waals surface area contributed by atoms with Crippen LogP contribution < -0.4 is 4.90 Å². The van der Waals surface area contributed by atoms with E-state index in [2.05, 4.69) is 218 Å². The molecule has 0 bridgehead atoms. The average Bonchev–Trinajstić information content (AvgIpc) is 3.62. The molecule has 1 aliphatic carbocycles. The molecule has 8 aromatic rings. The SMILES string of the molecule is C=C(/C=C\C=C1\C=CC=CC1)N(c1ccccc1)c1ccc(-c2cccc(-c3ccc(-c4ccc5sc6ccc(-c7ccccc7)cc6c5c4)cc3)c2)cc1. The van der Waals surface area contributed by atoms with E-state index in [-0.39, 0.29) is 0 Å². The smallest absolute Gasteiger partial charge is 0.0461 e. The topological polar surface area (TPSA) is 3.24 Å². The third-order valence-corrected chi connectivity index (χ3v) is 11.4. The molecule has 0 unspecified atom stereocenters. The number of hydrogen-bond acceptors (Lipinski definition) is 2. The summed E-state index contributed by atoms with van der Waals surface area (Å²) in [6, 6.07) is 61.4. The average molecular weight is 722 g/mol. The number of para-hydroxylation sites is 1. The van der Waals surface area contributed by atoms with Gasteiger partial charge < -0.3 is 4.90 Å². The Hall–Kier alpha value is -6.74. The summed E-state index contributed by atoms with van der Waals surface area (Å²) in [5.74, 6) is 0. The van der Waals surface area contributed by atoms with Crippen molar-refractivity contribution in [3.8, 4) is 44.5 Å². The molecule has 55 heavy (non-hydrogen) atoms. The number of benzene rings is 7. The lowest BCUT2D eigenvalue weighted by Crippen LogP contribution is -2.14. The van der Waals surface area contributed by atoms with E-state index in [4.69, 9.17) is 0 Å². The van der Waals surface area contributed by atoms with Crippen LogP contribution in [-0.2, 0) is 0 Å². The largest absolute Gasteiger partial charge is 0.311 e. The molecule has 0 saturated heterocycles. The Bertz CT molecular complexity index is 2760. The fraction of sp³-hybridized carbons (Fsp3) is 0.0189. The molecule has 0 aliphatic heterocycles. The van der Waals surface area contributed by atoms with Gasteiger partial charge in [-0.2, -0.15) is 0 Å². The minimum absolute atomic E-state index is 0.900. The van der Waals surface area contributed by atoms with Crippen molar-refractivity contribution in [2.75, 3.05) is 4.90 Å². The predicted octanol–water partition coefficient (Wildman–Crippen LogP) is 15.4. The van der Waals surface area contributed by atoms with Crippen molar-refractivity contribution in [2.24, 2.45) is 0 Å². The molecule has 0 saturated carbocycles. The van der Waals surface area contributed by atoms with Gasteiger partial charge in [0.1, 0.15) is 0 Å². The van der Waals surface area contributed by atoms with E-state index in [1.807, 2.05) is 17.4 Å². The molecule has 0 radical (unpaired) electrons. The molecule has 0 fully saturated rings. The zero-order chi connectivity index (χ0) is 37.0. The molecule has 0 amide bonds. The Morgan fingerprint density at radius 1 is 0.491 bits per heavy atom. The Morgan fingerprint density at radius 3 is 1.56 bits per heavy atom. The van der Waals surface area contributed by atoms with Crippen molar-refractivity contribution in [2.45, 2.75) is 6.42 Å². The first kappa shape index (κ1) is 34.1. The van der Waals surface area contributed by atoms with Crippen LogP contribution in [0.4, 0.5) is 11.4 Å². The van der Waals surface area contributed by atoms with Crippen LogP contribution in [0.25, 0.3) is 64.7 Å². The van der Waals surface area contributed by atoms with Crippen molar-refractivity contribution < 1.29 is 0 Å². The van der Waals surface area contributed by atoms with Crippen molar-refractivity contribution in [1.29, 1.82) is 0 Å². The van der Waals surface area contributed by atoms with Crippen LogP contribution in [0.15, 0.2) is 230 Å². The summed E-state index contributed by atoms with van der Waals surface area (Å²) in [4.78, 5) is 2.20. The number of nitrogens with zero attached hydrogens (tertiary/aromatic N) is 1. The first-order valence-electron chi connectivity index (χ1n) is 18.7. The summed E-state index contributed by atoms with van der Waals surface area (Å²) < 4.78 is 2.64. The van der Waals surface area contributed by atoms with Crippen molar-refractivity contribution in [1.82, 2.24) is 0 Å². The number of hydrogen-bond donors (Lipinski definition) is 0. The molecular weight excluding hydrogens is 683 g/mol. The third kappa shape index (κ3) is 7.29. The van der Waals surface area contributed by atoms with E-state index in [9.17, 15) is 0 Å². The maximum Gasteiger partial charge on any atom is 0.0461 e. The standard InChI is InChI=1S/C53H39NS/c1-38(13-11-16-39-14-5-2-6-15-39)54(48-21-9-4-10-22-48)49-31-27-43(28-32-49)45-20-12-19-44(35-45)41-23-25-42(26-24-41)47-30-34-53-51(37-47)50-36-46(29-33-52(50)55-53)40-17-7-3-8-18-40/h2-14,16-37H,1,15H2/b13-11-,39-16-. The van der Waals surface area contributed by atoms with Crippen LogP contribution in [0, 0.1) is 0 Å².